The van der Waals surface area contributed by atoms with Crippen LogP contribution in [0.1, 0.15) is 29.6 Å². The van der Waals surface area contributed by atoms with E-state index in [0.29, 0.717) is 23.6 Å². The maximum absolute atomic E-state index is 14.1. The zero-order valence-electron chi connectivity index (χ0n) is 13.9. The predicted octanol–water partition coefficient (Wildman–Crippen LogP) is 1.98. The Kier molecular flexibility index (Phi) is 3.95. The number of nitrogens with zero attached hydrogens (tertiary/aromatic N) is 4. The van der Waals surface area contributed by atoms with E-state index in [4.69, 9.17) is 11.6 Å². The molecule has 1 aromatic carbocycles. The van der Waals surface area contributed by atoms with Gasteiger partial charge in [-0.3, -0.25) is 4.79 Å². The number of aliphatic carboxylic acids is 1. The second-order valence-electron chi connectivity index (χ2n) is 6.68. The number of hydrogen-bond donors (Lipinski definition) is 1. The van der Waals surface area contributed by atoms with Crippen LogP contribution >= 0.6 is 11.6 Å². The van der Waals surface area contributed by atoms with Crippen LogP contribution in [-0.2, 0) is 22.7 Å². The van der Waals surface area contributed by atoms with Gasteiger partial charge < -0.3 is 14.6 Å². The molecule has 136 valence electrons. The van der Waals surface area contributed by atoms with Crippen molar-refractivity contribution in [2.75, 3.05) is 0 Å². The summed E-state index contributed by atoms with van der Waals surface area (Å²) >= 11 is 6.09. The quantitative estimate of drug-likeness (QED) is 0.882. The Bertz CT molecular complexity index is 895. The fraction of sp³-hybridized carbons (Fsp3) is 0.412. The molecule has 2 aliphatic rings. The predicted molar refractivity (Wildman–Crippen MR) is 89.0 cm³/mol. The van der Waals surface area contributed by atoms with Crippen molar-refractivity contribution in [2.45, 2.75) is 38.4 Å². The molecule has 1 aliphatic heterocycles. The number of aromatic nitrogens is 3. The molecule has 0 bridgehead atoms. The molecule has 1 N–H and O–H groups in total. The van der Waals surface area contributed by atoms with Crippen molar-refractivity contribution < 1.29 is 19.1 Å². The lowest BCUT2D eigenvalue weighted by Crippen LogP contribution is -2.51. The molecular weight excluding hydrogens is 363 g/mol. The molecule has 0 saturated heterocycles. The summed E-state index contributed by atoms with van der Waals surface area (Å²) in [6.07, 6.45) is 0.452. The Hall–Kier alpha value is -2.48. The third-order valence-electron chi connectivity index (χ3n) is 5.10. The highest BCUT2D eigenvalue weighted by Crippen LogP contribution is 2.51. The summed E-state index contributed by atoms with van der Waals surface area (Å²) in [5.41, 5.74) is 0.329. The van der Waals surface area contributed by atoms with Crippen molar-refractivity contribution >= 4 is 23.5 Å². The summed E-state index contributed by atoms with van der Waals surface area (Å²) in [4.78, 5) is 25.9. The summed E-state index contributed by atoms with van der Waals surface area (Å²) in [7, 11) is 0. The molecule has 1 aromatic heterocycles. The number of carboxylic acids is 1. The molecule has 3 unspecified atom stereocenters. The molecule has 4 rings (SSSR count). The van der Waals surface area contributed by atoms with Crippen LogP contribution in [0.15, 0.2) is 18.2 Å². The molecule has 2 heterocycles. The lowest BCUT2D eigenvalue weighted by atomic mass is 10.1. The monoisotopic (exact) mass is 378 g/mol. The summed E-state index contributed by atoms with van der Waals surface area (Å²) in [5.74, 6) is -1.47. The van der Waals surface area contributed by atoms with Crippen molar-refractivity contribution in [1.29, 1.82) is 0 Å². The number of hydrogen-bond acceptors (Lipinski definition) is 4. The average molecular weight is 379 g/mol. The van der Waals surface area contributed by atoms with Crippen molar-refractivity contribution in [2.24, 2.45) is 5.92 Å². The Morgan fingerprint density at radius 3 is 2.81 bits per heavy atom. The van der Waals surface area contributed by atoms with Crippen molar-refractivity contribution in [3.8, 4) is 0 Å². The fourth-order valence-electron chi connectivity index (χ4n) is 3.62. The van der Waals surface area contributed by atoms with Gasteiger partial charge in [-0.15, -0.1) is 10.2 Å². The van der Waals surface area contributed by atoms with Gasteiger partial charge in [0, 0.05) is 22.4 Å². The number of carbonyl (C=O) groups excluding carboxylic acids is 1. The lowest BCUT2D eigenvalue weighted by Gasteiger charge is -2.33. The van der Waals surface area contributed by atoms with Crippen LogP contribution in [0, 0.1) is 18.7 Å². The van der Waals surface area contributed by atoms with Gasteiger partial charge in [0.05, 0.1) is 13.1 Å². The van der Waals surface area contributed by atoms with E-state index >= 15 is 0 Å². The van der Waals surface area contributed by atoms with Gasteiger partial charge >= 0.3 is 5.97 Å². The highest BCUT2D eigenvalue weighted by molar-refractivity contribution is 6.31. The first kappa shape index (κ1) is 17.0. The summed E-state index contributed by atoms with van der Waals surface area (Å²) in [5, 5.41) is 17.8. The van der Waals surface area contributed by atoms with Crippen molar-refractivity contribution in [3.05, 3.63) is 46.3 Å². The molecule has 1 amide bonds. The fourth-order valence-corrected chi connectivity index (χ4v) is 3.92. The number of aryl methyl sites for hydroxylation is 1. The Morgan fingerprint density at radius 1 is 1.35 bits per heavy atom. The van der Waals surface area contributed by atoms with Crippen molar-refractivity contribution in [3.63, 3.8) is 0 Å². The van der Waals surface area contributed by atoms with Gasteiger partial charge in [0.1, 0.15) is 17.7 Å². The Balaban J connectivity index is 1.59. The van der Waals surface area contributed by atoms with E-state index < -0.39 is 23.7 Å². The number of fused-ring (bicyclic) bond motifs is 1. The smallest absolute Gasteiger partial charge is 0.328 e. The highest BCUT2D eigenvalue weighted by atomic mass is 35.5. The van der Waals surface area contributed by atoms with E-state index in [1.54, 1.807) is 17.6 Å². The zero-order chi connectivity index (χ0) is 18.6. The van der Waals surface area contributed by atoms with Crippen molar-refractivity contribution in [1.82, 2.24) is 19.7 Å². The molecule has 2 aromatic rings. The first-order valence-corrected chi connectivity index (χ1v) is 8.62. The number of halogens is 2. The minimum absolute atomic E-state index is 0.0743. The van der Waals surface area contributed by atoms with Crippen LogP contribution in [0.25, 0.3) is 0 Å². The minimum Gasteiger partial charge on any atom is -0.480 e. The topological polar surface area (TPSA) is 88.3 Å². The largest absolute Gasteiger partial charge is 0.480 e. The van der Waals surface area contributed by atoms with Gasteiger partial charge in [-0.05, 0) is 25.5 Å². The summed E-state index contributed by atoms with van der Waals surface area (Å²) in [6, 6.07) is 3.42. The SMILES string of the molecule is Cc1nnc2n1CC(C(=O)O)N(C(=O)C1CC1c1c(F)cccc1Cl)C2. The number of carbonyl (C=O) groups is 2. The van der Waals surface area contributed by atoms with E-state index in [9.17, 15) is 19.1 Å². The molecule has 1 aliphatic carbocycles. The summed E-state index contributed by atoms with van der Waals surface area (Å²) in [6.45, 7) is 1.92. The van der Waals surface area contributed by atoms with Crippen LogP contribution in [0.3, 0.4) is 0 Å². The van der Waals surface area contributed by atoms with Crippen LogP contribution in [-0.4, -0.2) is 42.7 Å². The molecular formula is C17H16ClFN4O3. The summed E-state index contributed by atoms with van der Waals surface area (Å²) < 4.78 is 15.8. The van der Waals surface area contributed by atoms with Gasteiger partial charge in [-0.2, -0.15) is 0 Å². The molecule has 9 heteroatoms. The maximum atomic E-state index is 14.1. The standard InChI is InChI=1S/C17H16ClFN4O3/c1-8-20-21-14-7-23(13(17(25)26)6-22(8)14)16(24)10-5-9(10)15-11(18)3-2-4-12(15)19/h2-4,9-10,13H,5-7H2,1H3,(H,25,26). The zero-order valence-corrected chi connectivity index (χ0v) is 14.6. The van der Waals surface area contributed by atoms with Gasteiger partial charge in [-0.1, -0.05) is 17.7 Å². The Labute approximate surface area is 153 Å². The van der Waals surface area contributed by atoms with Crippen LogP contribution in [0.5, 0.6) is 0 Å². The van der Waals surface area contributed by atoms with Gasteiger partial charge in [0.15, 0.2) is 5.82 Å². The molecule has 7 nitrogen and oxygen atoms in total. The van der Waals surface area contributed by atoms with E-state index in [1.165, 1.54) is 17.0 Å². The second-order valence-corrected chi connectivity index (χ2v) is 7.09. The molecule has 3 atom stereocenters. The first-order chi connectivity index (χ1) is 12.4. The molecule has 1 fully saturated rings. The lowest BCUT2D eigenvalue weighted by molar-refractivity contribution is -0.153. The molecule has 0 radical (unpaired) electrons. The van der Waals surface area contributed by atoms with Gasteiger partial charge in [0.2, 0.25) is 5.91 Å². The van der Waals surface area contributed by atoms with Gasteiger partial charge in [-0.25, -0.2) is 9.18 Å². The normalized spacial score (nSPS) is 24.3. The molecule has 26 heavy (non-hydrogen) atoms. The van der Waals surface area contributed by atoms with E-state index in [2.05, 4.69) is 10.2 Å². The number of rotatable bonds is 3. The third kappa shape index (κ3) is 2.65. The average Bonchev–Trinajstić information content (AvgIpc) is 3.29. The maximum Gasteiger partial charge on any atom is 0.328 e. The molecule has 1 saturated carbocycles. The first-order valence-electron chi connectivity index (χ1n) is 8.24. The number of amides is 1. The van der Waals surface area contributed by atoms with E-state index in [-0.39, 0.29) is 29.9 Å². The highest BCUT2D eigenvalue weighted by Gasteiger charge is 2.50. The van der Waals surface area contributed by atoms with Crippen LogP contribution < -0.4 is 0 Å². The number of benzene rings is 1. The van der Waals surface area contributed by atoms with Crippen LogP contribution in [0.4, 0.5) is 4.39 Å². The Morgan fingerprint density at radius 2 is 2.12 bits per heavy atom. The number of carboxylic acid groups (broad SMARTS) is 1. The second kappa shape index (κ2) is 6.05. The van der Waals surface area contributed by atoms with Gasteiger partial charge in [0.25, 0.3) is 0 Å². The van der Waals surface area contributed by atoms with Crippen LogP contribution in [0.2, 0.25) is 5.02 Å². The third-order valence-corrected chi connectivity index (χ3v) is 5.43. The van der Waals surface area contributed by atoms with E-state index in [0.717, 1.165) is 0 Å². The minimum atomic E-state index is -1.08. The molecule has 0 spiro atoms. The van der Waals surface area contributed by atoms with E-state index in [1.807, 2.05) is 0 Å².